The summed E-state index contributed by atoms with van der Waals surface area (Å²) in [5, 5.41) is 14.2. The fourth-order valence-corrected chi connectivity index (χ4v) is 7.29. The molecule has 0 bridgehead atoms. The molecule has 6 rings (SSSR count). The Morgan fingerprint density at radius 3 is 2.56 bits per heavy atom. The zero-order chi connectivity index (χ0) is 25.6. The second-order valence-corrected chi connectivity index (χ2v) is 12.0. The van der Waals surface area contributed by atoms with Crippen LogP contribution in [0.1, 0.15) is 55.4 Å². The third kappa shape index (κ3) is 3.20. The lowest BCUT2D eigenvalue weighted by Gasteiger charge is -2.58. The van der Waals surface area contributed by atoms with Crippen LogP contribution in [-0.2, 0) is 12.1 Å². The minimum atomic E-state index is -0.369. The molecule has 8 nitrogen and oxygen atoms in total. The number of nitrogens with two attached hydrogens (primary N) is 1. The molecule has 3 N–H and O–H groups in total. The van der Waals surface area contributed by atoms with Gasteiger partial charge in [0, 0.05) is 72.9 Å². The van der Waals surface area contributed by atoms with Crippen molar-refractivity contribution < 1.29 is 0 Å². The predicted molar refractivity (Wildman–Crippen MR) is 145 cm³/mol. The summed E-state index contributed by atoms with van der Waals surface area (Å²) in [4.78, 5) is 9.46. The molecule has 1 aliphatic carbocycles. The molecular weight excluding hydrogens is 472 g/mol. The number of nitrogens with one attached hydrogen (secondary N) is 1. The number of benzene rings is 1. The Hall–Kier alpha value is -2.84. The van der Waals surface area contributed by atoms with Gasteiger partial charge < -0.3 is 25.5 Å². The molecule has 0 radical (unpaired) electrons. The van der Waals surface area contributed by atoms with Crippen LogP contribution in [0.15, 0.2) is 18.5 Å². The highest BCUT2D eigenvalue weighted by Gasteiger charge is 2.52. The number of fused-ring (bicyclic) bond motifs is 1. The Balaban J connectivity index is 1.54. The molecule has 1 saturated heterocycles. The standard InChI is InChI=1S/C27H35ClN8/c1-16-10-20(30)19(13-29)22(23(16)28)21-17(2)36(18-11-27(12-18)14-33(5)15-27)32-24(21)35-9-8-34-7-6-31-25(34)26(35,3)4/h6-7,10,13,18,29H,8-9,11-12,14-15,30H2,1-5H3. The minimum Gasteiger partial charge on any atom is -0.398 e. The number of anilines is 2. The Kier molecular flexibility index (Phi) is 5.12. The van der Waals surface area contributed by atoms with Crippen molar-refractivity contribution >= 4 is 29.3 Å². The quantitative estimate of drug-likeness (QED) is 0.398. The number of hydrogen-bond donors (Lipinski definition) is 2. The van der Waals surface area contributed by atoms with E-state index in [1.165, 1.54) is 19.3 Å². The number of aromatic nitrogens is 4. The number of halogens is 1. The number of aryl methyl sites for hydroxylation is 1. The molecule has 0 unspecified atom stereocenters. The Morgan fingerprint density at radius 2 is 1.89 bits per heavy atom. The van der Waals surface area contributed by atoms with Gasteiger partial charge in [-0.3, -0.25) is 4.68 Å². The summed E-state index contributed by atoms with van der Waals surface area (Å²) in [7, 11) is 2.19. The van der Waals surface area contributed by atoms with Crippen molar-refractivity contribution in [3.05, 3.63) is 46.1 Å². The number of nitrogen functional groups attached to an aromatic ring is 1. The number of nitrogens with zero attached hydrogens (tertiary/aromatic N) is 6. The van der Waals surface area contributed by atoms with E-state index < -0.39 is 0 Å². The van der Waals surface area contributed by atoms with Crippen LogP contribution in [0.3, 0.4) is 0 Å². The zero-order valence-electron chi connectivity index (χ0n) is 21.8. The fourth-order valence-electron chi connectivity index (χ4n) is 7.04. The van der Waals surface area contributed by atoms with E-state index in [4.69, 9.17) is 32.8 Å². The molecule has 3 aromatic rings. The van der Waals surface area contributed by atoms with E-state index in [0.717, 1.165) is 60.0 Å². The van der Waals surface area contributed by atoms with Gasteiger partial charge >= 0.3 is 0 Å². The highest BCUT2D eigenvalue weighted by atomic mass is 35.5. The average Bonchev–Trinajstić information content (AvgIpc) is 3.38. The van der Waals surface area contributed by atoms with E-state index >= 15 is 0 Å². The Labute approximate surface area is 217 Å². The lowest BCUT2D eigenvalue weighted by atomic mass is 9.61. The molecule has 2 fully saturated rings. The second kappa shape index (κ2) is 7.83. The minimum absolute atomic E-state index is 0.366. The normalized spacial score (nSPS) is 20.8. The molecule has 2 aliphatic heterocycles. The van der Waals surface area contributed by atoms with Gasteiger partial charge in [0.1, 0.15) is 5.82 Å². The van der Waals surface area contributed by atoms with Gasteiger partial charge in [-0.1, -0.05) is 11.6 Å². The molecule has 0 amide bonds. The van der Waals surface area contributed by atoms with Crippen molar-refractivity contribution in [1.29, 1.82) is 5.41 Å². The van der Waals surface area contributed by atoms with Gasteiger partial charge in [0.25, 0.3) is 0 Å². The van der Waals surface area contributed by atoms with Crippen LogP contribution in [0, 0.1) is 24.7 Å². The van der Waals surface area contributed by atoms with Crippen molar-refractivity contribution in [2.45, 2.75) is 58.7 Å². The monoisotopic (exact) mass is 506 g/mol. The largest absolute Gasteiger partial charge is 0.398 e. The van der Waals surface area contributed by atoms with Gasteiger partial charge in [-0.25, -0.2) is 4.98 Å². The first-order valence-electron chi connectivity index (χ1n) is 12.7. The SMILES string of the molecule is Cc1cc(N)c(C=N)c(-c2c(N3CCn4ccnc4C3(C)C)nn(C3CC4(C3)CN(C)C4)c2C)c1Cl. The molecule has 0 atom stereocenters. The van der Waals surface area contributed by atoms with Crippen LogP contribution in [-0.4, -0.2) is 57.1 Å². The highest BCUT2D eigenvalue weighted by molar-refractivity contribution is 6.35. The van der Waals surface area contributed by atoms with Gasteiger partial charge in [0.15, 0.2) is 5.82 Å². The Bertz CT molecular complexity index is 1370. The van der Waals surface area contributed by atoms with Crippen molar-refractivity contribution in [1.82, 2.24) is 24.2 Å². The molecule has 9 heteroatoms. The fraction of sp³-hybridized carbons (Fsp3) is 0.519. The van der Waals surface area contributed by atoms with Crippen LogP contribution < -0.4 is 10.6 Å². The van der Waals surface area contributed by atoms with Crippen LogP contribution in [0.2, 0.25) is 5.02 Å². The Morgan fingerprint density at radius 1 is 1.17 bits per heavy atom. The van der Waals surface area contributed by atoms with Crippen LogP contribution in [0.25, 0.3) is 11.1 Å². The van der Waals surface area contributed by atoms with Gasteiger partial charge in [-0.15, -0.1) is 0 Å². The van der Waals surface area contributed by atoms with E-state index in [9.17, 15) is 0 Å². The summed E-state index contributed by atoms with van der Waals surface area (Å²) in [6, 6.07) is 2.22. The molecule has 1 spiro atoms. The third-order valence-corrected chi connectivity index (χ3v) is 9.18. The lowest BCUT2D eigenvalue weighted by Crippen LogP contribution is -2.60. The summed E-state index contributed by atoms with van der Waals surface area (Å²) < 4.78 is 4.46. The van der Waals surface area contributed by atoms with Gasteiger partial charge in [0.2, 0.25) is 0 Å². The summed E-state index contributed by atoms with van der Waals surface area (Å²) in [6.45, 7) is 12.5. The molecule has 3 aliphatic rings. The smallest absolute Gasteiger partial charge is 0.159 e. The van der Waals surface area contributed by atoms with E-state index in [0.29, 0.717) is 27.7 Å². The summed E-state index contributed by atoms with van der Waals surface area (Å²) in [5.74, 6) is 1.92. The molecule has 36 heavy (non-hydrogen) atoms. The average molecular weight is 507 g/mol. The van der Waals surface area contributed by atoms with E-state index in [1.807, 2.05) is 25.4 Å². The molecule has 4 heterocycles. The van der Waals surface area contributed by atoms with Crippen molar-refractivity contribution in [3.8, 4) is 11.1 Å². The maximum atomic E-state index is 8.20. The molecule has 1 saturated carbocycles. The summed E-state index contributed by atoms with van der Waals surface area (Å²) >= 11 is 6.99. The topological polar surface area (TPSA) is 92.0 Å². The zero-order valence-corrected chi connectivity index (χ0v) is 22.5. The number of likely N-dealkylation sites (tertiary alicyclic amines) is 1. The first-order valence-corrected chi connectivity index (χ1v) is 13.1. The predicted octanol–water partition coefficient (Wildman–Crippen LogP) is 4.62. The van der Waals surface area contributed by atoms with E-state index in [2.05, 4.69) is 46.9 Å². The van der Waals surface area contributed by atoms with Gasteiger partial charge in [0.05, 0.1) is 16.6 Å². The third-order valence-electron chi connectivity index (χ3n) is 8.70. The molecule has 190 valence electrons. The molecule has 1 aromatic carbocycles. The first kappa shape index (κ1) is 23.6. The van der Waals surface area contributed by atoms with Gasteiger partial charge in [-0.2, -0.15) is 5.10 Å². The van der Waals surface area contributed by atoms with Crippen LogP contribution in [0.5, 0.6) is 0 Å². The molecule has 2 aromatic heterocycles. The van der Waals surface area contributed by atoms with Gasteiger partial charge in [-0.05, 0) is 64.6 Å². The maximum Gasteiger partial charge on any atom is 0.159 e. The highest BCUT2D eigenvalue weighted by Crippen LogP contribution is 2.55. The van der Waals surface area contributed by atoms with Crippen molar-refractivity contribution in [2.24, 2.45) is 5.41 Å². The summed E-state index contributed by atoms with van der Waals surface area (Å²) in [6.07, 6.45) is 7.54. The number of hydrogen-bond acceptors (Lipinski definition) is 6. The van der Waals surface area contributed by atoms with Crippen molar-refractivity contribution in [3.63, 3.8) is 0 Å². The van der Waals surface area contributed by atoms with E-state index in [-0.39, 0.29) is 5.54 Å². The van der Waals surface area contributed by atoms with Crippen LogP contribution >= 0.6 is 11.6 Å². The van der Waals surface area contributed by atoms with E-state index in [1.54, 1.807) is 0 Å². The van der Waals surface area contributed by atoms with Crippen LogP contribution in [0.4, 0.5) is 11.5 Å². The molecular formula is C27H35ClN8. The number of rotatable bonds is 4. The maximum absolute atomic E-state index is 8.20. The van der Waals surface area contributed by atoms with Crippen molar-refractivity contribution in [2.75, 3.05) is 37.3 Å². The first-order chi connectivity index (χ1) is 17.1. The lowest BCUT2D eigenvalue weighted by molar-refractivity contribution is -0.0790. The number of imidazole rings is 1. The summed E-state index contributed by atoms with van der Waals surface area (Å²) in [5.41, 5.74) is 11.5. The second-order valence-electron chi connectivity index (χ2n) is 11.6.